The van der Waals surface area contributed by atoms with Crippen LogP contribution in [-0.2, 0) is 10.0 Å². The summed E-state index contributed by atoms with van der Waals surface area (Å²) in [7, 11) is -4.50. The molecule has 0 aliphatic rings. The Labute approximate surface area is 116 Å². The molecule has 0 saturated carbocycles. The number of alkyl halides is 3. The van der Waals surface area contributed by atoms with Gasteiger partial charge < -0.3 is 0 Å². The molecule has 1 aromatic rings. The van der Waals surface area contributed by atoms with Crippen LogP contribution in [0, 0.1) is 11.6 Å². The Hall–Kier alpha value is -0.670. The van der Waals surface area contributed by atoms with Crippen molar-refractivity contribution in [1.29, 1.82) is 0 Å². The smallest absolute Gasteiger partial charge is 0.209 e. The van der Waals surface area contributed by atoms with Crippen LogP contribution >= 0.6 is 15.9 Å². The van der Waals surface area contributed by atoms with Crippen molar-refractivity contribution in [3.05, 3.63) is 29.8 Å². The molecule has 0 atom stereocenters. The standard InChI is InChI=1S/C10H10BrF4NO2S/c11-3-4-16(6-10(14)15)19(17,18)9-5-7(12)1-2-8(9)13/h1-2,5,10H,3-4,6H2. The lowest BCUT2D eigenvalue weighted by atomic mass is 10.3. The van der Waals surface area contributed by atoms with Crippen molar-refractivity contribution >= 4 is 26.0 Å². The van der Waals surface area contributed by atoms with Crippen LogP contribution < -0.4 is 0 Å². The second kappa shape index (κ2) is 6.67. The van der Waals surface area contributed by atoms with E-state index in [1.165, 1.54) is 0 Å². The summed E-state index contributed by atoms with van der Waals surface area (Å²) in [5.74, 6) is -2.15. The van der Waals surface area contributed by atoms with Crippen molar-refractivity contribution in [3.63, 3.8) is 0 Å². The number of hydrogen-bond acceptors (Lipinski definition) is 2. The van der Waals surface area contributed by atoms with E-state index in [-0.39, 0.29) is 11.9 Å². The predicted octanol–water partition coefficient (Wildman–Crippen LogP) is 2.62. The Kier molecular flexibility index (Phi) is 5.75. The number of nitrogens with zero attached hydrogens (tertiary/aromatic N) is 1. The highest BCUT2D eigenvalue weighted by molar-refractivity contribution is 9.09. The first-order chi connectivity index (χ1) is 8.78. The molecule has 0 fully saturated rings. The van der Waals surface area contributed by atoms with Crippen LogP contribution in [0.15, 0.2) is 23.1 Å². The fourth-order valence-electron chi connectivity index (χ4n) is 1.37. The largest absolute Gasteiger partial charge is 0.252 e. The Morgan fingerprint density at radius 3 is 2.42 bits per heavy atom. The molecule has 0 aliphatic carbocycles. The number of rotatable bonds is 6. The van der Waals surface area contributed by atoms with Crippen LogP contribution in [0.4, 0.5) is 17.6 Å². The van der Waals surface area contributed by atoms with E-state index < -0.39 is 39.5 Å². The Morgan fingerprint density at radius 1 is 1.26 bits per heavy atom. The molecule has 3 nitrogen and oxygen atoms in total. The summed E-state index contributed by atoms with van der Waals surface area (Å²) >= 11 is 2.92. The van der Waals surface area contributed by atoms with E-state index in [0.717, 1.165) is 6.07 Å². The lowest BCUT2D eigenvalue weighted by molar-refractivity contribution is 0.121. The van der Waals surface area contributed by atoms with Gasteiger partial charge in [-0.3, -0.25) is 0 Å². The van der Waals surface area contributed by atoms with Crippen LogP contribution in [0.2, 0.25) is 0 Å². The van der Waals surface area contributed by atoms with Gasteiger partial charge in [-0.15, -0.1) is 0 Å². The van der Waals surface area contributed by atoms with Gasteiger partial charge in [0.05, 0.1) is 6.54 Å². The van der Waals surface area contributed by atoms with E-state index in [1.807, 2.05) is 0 Å². The monoisotopic (exact) mass is 363 g/mol. The number of halogens is 5. The molecule has 108 valence electrons. The van der Waals surface area contributed by atoms with E-state index >= 15 is 0 Å². The molecule has 1 aromatic carbocycles. The zero-order chi connectivity index (χ0) is 14.6. The molecule has 0 saturated heterocycles. The Bertz CT molecular complexity index is 538. The topological polar surface area (TPSA) is 37.4 Å². The van der Waals surface area contributed by atoms with E-state index in [9.17, 15) is 26.0 Å². The van der Waals surface area contributed by atoms with Gasteiger partial charge in [-0.25, -0.2) is 26.0 Å². The number of sulfonamides is 1. The summed E-state index contributed by atoms with van der Waals surface area (Å²) < 4.78 is 75.5. The molecule has 0 aliphatic heterocycles. The van der Waals surface area contributed by atoms with Gasteiger partial charge in [-0.05, 0) is 18.2 Å². The van der Waals surface area contributed by atoms with Crippen LogP contribution in [0.1, 0.15) is 0 Å². The summed E-state index contributed by atoms with van der Waals surface area (Å²) in [6.07, 6.45) is -2.91. The maximum atomic E-state index is 13.4. The fraction of sp³-hybridized carbons (Fsp3) is 0.400. The zero-order valence-corrected chi connectivity index (χ0v) is 11.9. The quantitative estimate of drug-likeness (QED) is 0.575. The fourth-order valence-corrected chi connectivity index (χ4v) is 3.53. The molecular formula is C10H10BrF4NO2S. The lowest BCUT2D eigenvalue weighted by Crippen LogP contribution is -2.37. The van der Waals surface area contributed by atoms with Crippen molar-refractivity contribution in [2.75, 3.05) is 18.4 Å². The molecular weight excluding hydrogens is 354 g/mol. The molecule has 0 N–H and O–H groups in total. The van der Waals surface area contributed by atoms with Crippen LogP contribution in [0.3, 0.4) is 0 Å². The first kappa shape index (κ1) is 16.4. The van der Waals surface area contributed by atoms with Gasteiger partial charge in [0.1, 0.15) is 16.5 Å². The summed E-state index contributed by atoms with van der Waals surface area (Å²) in [6, 6.07) is 1.85. The zero-order valence-electron chi connectivity index (χ0n) is 9.49. The van der Waals surface area contributed by atoms with Gasteiger partial charge in [0.15, 0.2) is 0 Å². The average molecular weight is 364 g/mol. The lowest BCUT2D eigenvalue weighted by Gasteiger charge is -2.21. The normalized spacial score (nSPS) is 12.4. The summed E-state index contributed by atoms with van der Waals surface area (Å²) in [5.41, 5.74) is 0. The minimum Gasteiger partial charge on any atom is -0.209 e. The summed E-state index contributed by atoms with van der Waals surface area (Å²) in [5, 5.41) is 0.0931. The van der Waals surface area contributed by atoms with Crippen LogP contribution in [0.5, 0.6) is 0 Å². The maximum absolute atomic E-state index is 13.4. The van der Waals surface area contributed by atoms with E-state index in [1.54, 1.807) is 0 Å². The molecule has 0 bridgehead atoms. The molecule has 0 aromatic heterocycles. The van der Waals surface area contributed by atoms with E-state index in [4.69, 9.17) is 0 Å². The second-order valence-electron chi connectivity index (χ2n) is 3.52. The van der Waals surface area contributed by atoms with Crippen LogP contribution in [0.25, 0.3) is 0 Å². The maximum Gasteiger partial charge on any atom is 0.252 e. The van der Waals surface area contributed by atoms with Crippen molar-refractivity contribution in [1.82, 2.24) is 4.31 Å². The first-order valence-electron chi connectivity index (χ1n) is 5.08. The van der Waals surface area contributed by atoms with Crippen molar-refractivity contribution < 1.29 is 26.0 Å². The third kappa shape index (κ3) is 4.15. The molecule has 0 unspecified atom stereocenters. The second-order valence-corrected chi connectivity index (χ2v) is 6.22. The SMILES string of the molecule is O=S(=O)(c1cc(F)ccc1F)N(CCBr)CC(F)F. The average Bonchev–Trinajstić information content (AvgIpc) is 2.31. The highest BCUT2D eigenvalue weighted by atomic mass is 79.9. The van der Waals surface area contributed by atoms with E-state index in [2.05, 4.69) is 15.9 Å². The highest BCUT2D eigenvalue weighted by Crippen LogP contribution is 2.21. The first-order valence-corrected chi connectivity index (χ1v) is 7.64. The van der Waals surface area contributed by atoms with E-state index in [0.29, 0.717) is 16.4 Å². The van der Waals surface area contributed by atoms with Gasteiger partial charge in [-0.2, -0.15) is 4.31 Å². The summed E-state index contributed by atoms with van der Waals surface area (Å²) in [6.45, 7) is -1.35. The van der Waals surface area contributed by atoms with Crippen molar-refractivity contribution in [2.24, 2.45) is 0 Å². The number of benzene rings is 1. The van der Waals surface area contributed by atoms with Gasteiger partial charge in [0.25, 0.3) is 6.43 Å². The van der Waals surface area contributed by atoms with Gasteiger partial charge in [0.2, 0.25) is 10.0 Å². The van der Waals surface area contributed by atoms with Crippen molar-refractivity contribution in [3.8, 4) is 0 Å². The van der Waals surface area contributed by atoms with Crippen molar-refractivity contribution in [2.45, 2.75) is 11.3 Å². The minimum absolute atomic E-state index is 0.0931. The molecule has 0 radical (unpaired) electrons. The molecule has 19 heavy (non-hydrogen) atoms. The molecule has 0 heterocycles. The van der Waals surface area contributed by atoms with Gasteiger partial charge >= 0.3 is 0 Å². The Balaban J connectivity index is 3.22. The minimum atomic E-state index is -4.50. The summed E-state index contributed by atoms with van der Waals surface area (Å²) in [4.78, 5) is -0.950. The third-order valence-electron chi connectivity index (χ3n) is 2.19. The number of hydrogen-bond donors (Lipinski definition) is 0. The highest BCUT2D eigenvalue weighted by Gasteiger charge is 2.29. The molecule has 0 spiro atoms. The third-order valence-corrected chi connectivity index (χ3v) is 4.42. The van der Waals surface area contributed by atoms with Gasteiger partial charge in [0, 0.05) is 11.9 Å². The predicted molar refractivity (Wildman–Crippen MR) is 64.9 cm³/mol. The Morgan fingerprint density at radius 2 is 1.89 bits per heavy atom. The molecule has 0 amide bonds. The van der Waals surface area contributed by atoms with Crippen LogP contribution in [-0.4, -0.2) is 37.6 Å². The molecule has 9 heteroatoms. The van der Waals surface area contributed by atoms with Gasteiger partial charge in [-0.1, -0.05) is 15.9 Å². The molecule has 1 rings (SSSR count).